The van der Waals surface area contributed by atoms with Gasteiger partial charge in [0.2, 0.25) is 0 Å². The molecule has 0 saturated carbocycles. The summed E-state index contributed by atoms with van der Waals surface area (Å²) in [6, 6.07) is -0.340. The average molecular weight is 244 g/mol. The van der Waals surface area contributed by atoms with E-state index in [4.69, 9.17) is 5.21 Å². The number of rotatable bonds is 9. The monoisotopic (exact) mass is 244 g/mol. The lowest BCUT2D eigenvalue weighted by atomic mass is 10.1. The summed E-state index contributed by atoms with van der Waals surface area (Å²) < 4.78 is 0. The van der Waals surface area contributed by atoms with E-state index in [9.17, 15) is 4.79 Å². The van der Waals surface area contributed by atoms with Crippen molar-refractivity contribution >= 4 is 6.03 Å². The molecule has 102 valence electrons. The number of urea groups is 1. The van der Waals surface area contributed by atoms with Crippen molar-refractivity contribution in [3.8, 4) is 0 Å². The third-order valence-electron chi connectivity index (χ3n) is 2.95. The van der Waals surface area contributed by atoms with Gasteiger partial charge in [-0.3, -0.25) is 5.21 Å². The highest BCUT2D eigenvalue weighted by molar-refractivity contribution is 5.72. The van der Waals surface area contributed by atoms with Gasteiger partial charge in [0.1, 0.15) is 0 Å². The van der Waals surface area contributed by atoms with Gasteiger partial charge in [-0.2, -0.15) is 0 Å². The number of carbonyl (C=O) groups excluding carboxylic acids is 1. The van der Waals surface area contributed by atoms with Crippen molar-refractivity contribution in [1.82, 2.24) is 9.96 Å². The van der Waals surface area contributed by atoms with Crippen LogP contribution in [-0.4, -0.2) is 41.8 Å². The van der Waals surface area contributed by atoms with Crippen molar-refractivity contribution in [1.29, 1.82) is 0 Å². The molecule has 0 aromatic heterocycles. The molecule has 2 amide bonds. The summed E-state index contributed by atoms with van der Waals surface area (Å²) >= 11 is 0. The maximum atomic E-state index is 11.3. The van der Waals surface area contributed by atoms with E-state index in [1.807, 2.05) is 0 Å². The fraction of sp³-hybridized carbons (Fsp3) is 0.923. The highest BCUT2D eigenvalue weighted by Crippen LogP contribution is 2.08. The molecule has 4 heteroatoms. The Bertz CT molecular complexity index is 196. The van der Waals surface area contributed by atoms with Crippen LogP contribution in [0.15, 0.2) is 0 Å². The minimum atomic E-state index is -0.340. The second-order valence-corrected chi connectivity index (χ2v) is 4.70. The predicted molar refractivity (Wildman–Crippen MR) is 70.2 cm³/mol. The van der Waals surface area contributed by atoms with Crippen molar-refractivity contribution in [2.75, 3.05) is 20.6 Å². The Morgan fingerprint density at radius 1 is 0.941 bits per heavy atom. The average Bonchev–Trinajstić information content (AvgIpc) is 2.31. The molecule has 0 rings (SSSR count). The molecule has 17 heavy (non-hydrogen) atoms. The van der Waals surface area contributed by atoms with Crippen LogP contribution in [0.3, 0.4) is 0 Å². The Morgan fingerprint density at radius 3 is 1.88 bits per heavy atom. The Kier molecular flexibility index (Phi) is 9.92. The number of hydrogen-bond donors (Lipinski definition) is 1. The van der Waals surface area contributed by atoms with E-state index in [1.54, 1.807) is 11.9 Å². The first-order valence-corrected chi connectivity index (χ1v) is 6.77. The van der Waals surface area contributed by atoms with E-state index in [-0.39, 0.29) is 6.03 Å². The molecule has 0 radical (unpaired) electrons. The molecule has 0 aliphatic rings. The molecule has 1 N–H and O–H groups in total. The lowest BCUT2D eigenvalue weighted by Crippen LogP contribution is -2.37. The summed E-state index contributed by atoms with van der Waals surface area (Å²) in [4.78, 5) is 12.8. The SMILES string of the molecule is CCCCCCCCCCN(C)C(=O)N(C)O. The van der Waals surface area contributed by atoms with Crippen LogP contribution in [0.25, 0.3) is 0 Å². The Labute approximate surface area is 106 Å². The maximum absolute atomic E-state index is 11.3. The van der Waals surface area contributed by atoms with Gasteiger partial charge in [0, 0.05) is 20.6 Å². The first kappa shape index (κ1) is 16.2. The first-order valence-electron chi connectivity index (χ1n) is 6.77. The standard InChI is InChI=1S/C13H28N2O2/c1-4-5-6-7-8-9-10-11-12-14(2)13(16)15(3)17/h17H,4-12H2,1-3H3. The molecule has 0 unspecified atom stereocenters. The zero-order chi connectivity index (χ0) is 13.1. The number of nitrogens with zero attached hydrogens (tertiary/aromatic N) is 2. The van der Waals surface area contributed by atoms with Gasteiger partial charge in [-0.15, -0.1) is 0 Å². The Hall–Kier alpha value is -0.770. The summed E-state index contributed by atoms with van der Waals surface area (Å²) in [7, 11) is 3.07. The van der Waals surface area contributed by atoms with Gasteiger partial charge in [0.15, 0.2) is 0 Å². The maximum Gasteiger partial charge on any atom is 0.343 e. The van der Waals surface area contributed by atoms with Gasteiger partial charge in [0.25, 0.3) is 0 Å². The largest absolute Gasteiger partial charge is 0.343 e. The van der Waals surface area contributed by atoms with Crippen LogP contribution in [0.5, 0.6) is 0 Å². The van der Waals surface area contributed by atoms with Crippen LogP contribution in [0, 0.1) is 0 Å². The molecule has 4 nitrogen and oxygen atoms in total. The third-order valence-corrected chi connectivity index (χ3v) is 2.95. The Balaban J connectivity index is 3.30. The topological polar surface area (TPSA) is 43.8 Å². The lowest BCUT2D eigenvalue weighted by molar-refractivity contribution is -0.0311. The molecule has 0 heterocycles. The van der Waals surface area contributed by atoms with Gasteiger partial charge >= 0.3 is 6.03 Å². The fourth-order valence-corrected chi connectivity index (χ4v) is 1.83. The summed E-state index contributed by atoms with van der Waals surface area (Å²) in [5, 5.41) is 9.59. The molecule has 0 spiro atoms. The summed E-state index contributed by atoms with van der Waals surface area (Å²) in [5.74, 6) is 0. The summed E-state index contributed by atoms with van der Waals surface area (Å²) in [5.41, 5.74) is 0. The second-order valence-electron chi connectivity index (χ2n) is 4.70. The normalized spacial score (nSPS) is 10.4. The zero-order valence-electron chi connectivity index (χ0n) is 11.6. The van der Waals surface area contributed by atoms with Crippen LogP contribution in [0.1, 0.15) is 58.3 Å². The first-order chi connectivity index (χ1) is 8.09. The molecule has 0 bridgehead atoms. The van der Waals surface area contributed by atoms with Crippen molar-refractivity contribution in [2.45, 2.75) is 58.3 Å². The highest BCUT2D eigenvalue weighted by atomic mass is 16.5. The molecule has 0 aliphatic heterocycles. The summed E-state index contributed by atoms with van der Waals surface area (Å²) in [6.07, 6.45) is 10.1. The fourth-order valence-electron chi connectivity index (χ4n) is 1.83. The van der Waals surface area contributed by atoms with Crippen LogP contribution < -0.4 is 0 Å². The molecule has 0 saturated heterocycles. The zero-order valence-corrected chi connectivity index (χ0v) is 11.6. The number of carbonyl (C=O) groups is 1. The van der Waals surface area contributed by atoms with Crippen molar-refractivity contribution in [3.63, 3.8) is 0 Å². The van der Waals surface area contributed by atoms with E-state index in [0.717, 1.165) is 13.0 Å². The van der Waals surface area contributed by atoms with E-state index in [0.29, 0.717) is 5.06 Å². The molecular formula is C13H28N2O2. The van der Waals surface area contributed by atoms with E-state index in [2.05, 4.69) is 6.92 Å². The minimum absolute atomic E-state index is 0.340. The molecule has 0 fully saturated rings. The second kappa shape index (κ2) is 10.4. The van der Waals surface area contributed by atoms with Crippen LogP contribution in [-0.2, 0) is 0 Å². The van der Waals surface area contributed by atoms with Gasteiger partial charge in [-0.25, -0.2) is 9.86 Å². The molecule has 0 atom stereocenters. The van der Waals surface area contributed by atoms with Gasteiger partial charge in [-0.05, 0) is 6.42 Å². The molecule has 0 aliphatic carbocycles. The third kappa shape index (κ3) is 8.98. The predicted octanol–water partition coefficient (Wildman–Crippen LogP) is 3.50. The smallest absolute Gasteiger partial charge is 0.326 e. The number of unbranched alkanes of at least 4 members (excludes halogenated alkanes) is 7. The minimum Gasteiger partial charge on any atom is -0.326 e. The highest BCUT2D eigenvalue weighted by Gasteiger charge is 2.10. The number of amides is 2. The van der Waals surface area contributed by atoms with E-state index in [1.165, 1.54) is 52.0 Å². The van der Waals surface area contributed by atoms with Crippen LogP contribution >= 0.6 is 0 Å². The van der Waals surface area contributed by atoms with E-state index >= 15 is 0 Å². The van der Waals surface area contributed by atoms with Gasteiger partial charge in [-0.1, -0.05) is 51.9 Å². The quantitative estimate of drug-likeness (QED) is 0.383. The lowest BCUT2D eigenvalue weighted by Gasteiger charge is -2.20. The van der Waals surface area contributed by atoms with Gasteiger partial charge < -0.3 is 4.90 Å². The van der Waals surface area contributed by atoms with Crippen LogP contribution in [0.4, 0.5) is 4.79 Å². The van der Waals surface area contributed by atoms with Crippen molar-refractivity contribution in [3.05, 3.63) is 0 Å². The molecular weight excluding hydrogens is 216 g/mol. The summed E-state index contributed by atoms with van der Waals surface area (Å²) in [6.45, 7) is 2.95. The van der Waals surface area contributed by atoms with Crippen molar-refractivity contribution < 1.29 is 10.0 Å². The number of hydrogen-bond acceptors (Lipinski definition) is 2. The molecule has 0 aromatic carbocycles. The Morgan fingerprint density at radius 2 is 1.41 bits per heavy atom. The van der Waals surface area contributed by atoms with Gasteiger partial charge in [0.05, 0.1) is 0 Å². The van der Waals surface area contributed by atoms with Crippen LogP contribution in [0.2, 0.25) is 0 Å². The van der Waals surface area contributed by atoms with Crippen molar-refractivity contribution in [2.24, 2.45) is 0 Å². The number of hydroxylamine groups is 2. The van der Waals surface area contributed by atoms with E-state index < -0.39 is 0 Å². The molecule has 0 aromatic rings.